The summed E-state index contributed by atoms with van der Waals surface area (Å²) in [6.07, 6.45) is 1.48. The lowest BCUT2D eigenvalue weighted by Crippen LogP contribution is -2.17. The standard InChI is InChI=1S/C12H7N7O4/c20-8-2-1-5(3-7(8)19(22)23)9-14-11-6-4-13-16-10(6)15-12(21)18(11)17-9/h1-4,20H,(H2,13,15,16,21). The molecule has 0 amide bonds. The van der Waals surface area contributed by atoms with Crippen LogP contribution in [0, 0.1) is 10.1 Å². The molecule has 4 aromatic rings. The molecule has 0 saturated carbocycles. The van der Waals surface area contributed by atoms with Gasteiger partial charge in [0.1, 0.15) is 5.65 Å². The van der Waals surface area contributed by atoms with Crippen molar-refractivity contribution >= 4 is 22.4 Å². The van der Waals surface area contributed by atoms with Gasteiger partial charge in [0, 0.05) is 11.6 Å². The van der Waals surface area contributed by atoms with E-state index in [0.717, 1.165) is 10.6 Å². The number of benzene rings is 1. The predicted octanol–water partition coefficient (Wildman–Crippen LogP) is 0.575. The van der Waals surface area contributed by atoms with Crippen molar-refractivity contribution in [3.05, 3.63) is 45.0 Å². The maximum Gasteiger partial charge on any atom is 0.349 e. The van der Waals surface area contributed by atoms with Gasteiger partial charge in [-0.2, -0.15) is 9.61 Å². The smallest absolute Gasteiger partial charge is 0.349 e. The molecular formula is C12H7N7O4. The van der Waals surface area contributed by atoms with Crippen LogP contribution in [0.3, 0.4) is 0 Å². The van der Waals surface area contributed by atoms with Crippen LogP contribution in [-0.4, -0.2) is 39.8 Å². The first-order valence-electron chi connectivity index (χ1n) is 6.34. The molecule has 3 heterocycles. The van der Waals surface area contributed by atoms with E-state index >= 15 is 0 Å². The Morgan fingerprint density at radius 3 is 2.96 bits per heavy atom. The molecule has 0 aliphatic rings. The van der Waals surface area contributed by atoms with E-state index in [1.54, 1.807) is 0 Å². The topological polar surface area (TPSA) is 155 Å². The fraction of sp³-hybridized carbons (Fsp3) is 0. The molecule has 0 radical (unpaired) electrons. The summed E-state index contributed by atoms with van der Waals surface area (Å²) in [4.78, 5) is 29.0. The minimum absolute atomic E-state index is 0.118. The molecule has 0 spiro atoms. The number of nitrogens with zero attached hydrogens (tertiary/aromatic N) is 5. The molecule has 3 N–H and O–H groups in total. The van der Waals surface area contributed by atoms with Gasteiger partial charge >= 0.3 is 11.4 Å². The van der Waals surface area contributed by atoms with Gasteiger partial charge in [0.05, 0.1) is 16.5 Å². The van der Waals surface area contributed by atoms with Gasteiger partial charge in [-0.15, -0.1) is 5.10 Å². The number of nitrogens with one attached hydrogen (secondary N) is 2. The average Bonchev–Trinajstić information content (AvgIpc) is 3.13. The summed E-state index contributed by atoms with van der Waals surface area (Å²) < 4.78 is 1.05. The molecule has 0 aliphatic heterocycles. The zero-order chi connectivity index (χ0) is 16.1. The molecule has 3 aromatic heterocycles. The number of hydrogen-bond acceptors (Lipinski definition) is 7. The number of H-pyrrole nitrogens is 2. The number of aromatic hydroxyl groups is 1. The van der Waals surface area contributed by atoms with E-state index < -0.39 is 22.0 Å². The van der Waals surface area contributed by atoms with Crippen molar-refractivity contribution < 1.29 is 10.0 Å². The average molecular weight is 313 g/mol. The van der Waals surface area contributed by atoms with Crippen molar-refractivity contribution in [2.24, 2.45) is 0 Å². The molecule has 114 valence electrons. The van der Waals surface area contributed by atoms with Crippen LogP contribution in [0.2, 0.25) is 0 Å². The Bertz CT molecular complexity index is 1140. The molecule has 11 nitrogen and oxygen atoms in total. The highest BCUT2D eigenvalue weighted by atomic mass is 16.6. The van der Waals surface area contributed by atoms with Crippen LogP contribution >= 0.6 is 0 Å². The van der Waals surface area contributed by atoms with E-state index in [0.29, 0.717) is 16.6 Å². The Morgan fingerprint density at radius 1 is 1.35 bits per heavy atom. The third-order valence-corrected chi connectivity index (χ3v) is 3.34. The van der Waals surface area contributed by atoms with Gasteiger partial charge in [0.15, 0.2) is 17.2 Å². The third kappa shape index (κ3) is 1.83. The lowest BCUT2D eigenvalue weighted by molar-refractivity contribution is -0.385. The van der Waals surface area contributed by atoms with Crippen LogP contribution in [0.1, 0.15) is 0 Å². The molecule has 23 heavy (non-hydrogen) atoms. The van der Waals surface area contributed by atoms with E-state index in [4.69, 9.17) is 0 Å². The second-order valence-electron chi connectivity index (χ2n) is 4.72. The van der Waals surface area contributed by atoms with E-state index in [9.17, 15) is 20.0 Å². The minimum atomic E-state index is -0.713. The first kappa shape index (κ1) is 12.9. The highest BCUT2D eigenvalue weighted by Crippen LogP contribution is 2.30. The number of hydrogen-bond donors (Lipinski definition) is 3. The quantitative estimate of drug-likeness (QED) is 0.361. The minimum Gasteiger partial charge on any atom is -0.502 e. The largest absolute Gasteiger partial charge is 0.502 e. The molecule has 0 saturated heterocycles. The Morgan fingerprint density at radius 2 is 2.17 bits per heavy atom. The molecule has 1 aromatic carbocycles. The van der Waals surface area contributed by atoms with Crippen LogP contribution in [0.4, 0.5) is 5.69 Å². The zero-order valence-corrected chi connectivity index (χ0v) is 11.2. The van der Waals surface area contributed by atoms with E-state index in [1.165, 1.54) is 18.3 Å². The predicted molar refractivity (Wildman–Crippen MR) is 77.0 cm³/mol. The molecule has 11 heteroatoms. The Hall–Kier alpha value is -3.76. The van der Waals surface area contributed by atoms with Crippen molar-refractivity contribution in [1.29, 1.82) is 0 Å². The monoisotopic (exact) mass is 313 g/mol. The number of phenols is 1. The molecule has 0 fully saturated rings. The summed E-state index contributed by atoms with van der Waals surface area (Å²) in [6, 6.07) is 3.75. The number of nitro groups is 1. The summed E-state index contributed by atoms with van der Waals surface area (Å²) >= 11 is 0. The van der Waals surface area contributed by atoms with Crippen molar-refractivity contribution in [3.63, 3.8) is 0 Å². The van der Waals surface area contributed by atoms with Gasteiger partial charge < -0.3 is 5.11 Å². The van der Waals surface area contributed by atoms with Crippen LogP contribution in [0.5, 0.6) is 5.75 Å². The number of phenolic OH excluding ortho intramolecular Hbond substituents is 1. The lowest BCUT2D eigenvalue weighted by atomic mass is 10.2. The second-order valence-corrected chi connectivity index (χ2v) is 4.72. The first-order chi connectivity index (χ1) is 11.0. The van der Waals surface area contributed by atoms with Crippen LogP contribution in [0.15, 0.2) is 29.2 Å². The van der Waals surface area contributed by atoms with Gasteiger partial charge in [0.25, 0.3) is 0 Å². The summed E-state index contributed by atoms with van der Waals surface area (Å²) in [5.74, 6) is -0.343. The molecule has 0 atom stereocenters. The fourth-order valence-corrected chi connectivity index (χ4v) is 2.27. The number of nitro benzene ring substituents is 1. The zero-order valence-electron chi connectivity index (χ0n) is 11.2. The second kappa shape index (κ2) is 4.37. The summed E-state index contributed by atoms with van der Waals surface area (Å²) in [7, 11) is 0. The Labute approximate surface area is 125 Å². The molecule has 0 aliphatic carbocycles. The van der Waals surface area contributed by atoms with Crippen molar-refractivity contribution in [2.45, 2.75) is 0 Å². The van der Waals surface area contributed by atoms with Crippen molar-refractivity contribution in [2.75, 3.05) is 0 Å². The maximum atomic E-state index is 12.0. The van der Waals surface area contributed by atoms with Gasteiger partial charge in [-0.1, -0.05) is 0 Å². The van der Waals surface area contributed by atoms with Crippen LogP contribution < -0.4 is 5.69 Å². The SMILES string of the molecule is O=c1[nH]c2[nH]ncc2c2nc(-c3ccc(O)c([N+](=O)[O-])c3)nn12. The van der Waals surface area contributed by atoms with Crippen LogP contribution in [-0.2, 0) is 0 Å². The summed E-state index contributed by atoms with van der Waals surface area (Å²) in [6.45, 7) is 0. The summed E-state index contributed by atoms with van der Waals surface area (Å²) in [5, 5.41) is 31.5. The van der Waals surface area contributed by atoms with Crippen LogP contribution in [0.25, 0.3) is 28.1 Å². The van der Waals surface area contributed by atoms with E-state index in [2.05, 4.69) is 25.3 Å². The molecule has 0 bridgehead atoms. The maximum absolute atomic E-state index is 12.0. The number of aromatic amines is 2. The number of fused-ring (bicyclic) bond motifs is 3. The molecule has 4 rings (SSSR count). The van der Waals surface area contributed by atoms with Crippen molar-refractivity contribution in [3.8, 4) is 17.1 Å². The fourth-order valence-electron chi connectivity index (χ4n) is 2.27. The first-order valence-corrected chi connectivity index (χ1v) is 6.34. The van der Waals surface area contributed by atoms with Gasteiger partial charge in [-0.25, -0.2) is 9.78 Å². The van der Waals surface area contributed by atoms with Gasteiger partial charge in [0.2, 0.25) is 0 Å². The lowest BCUT2D eigenvalue weighted by Gasteiger charge is -1.98. The van der Waals surface area contributed by atoms with Gasteiger partial charge in [-0.05, 0) is 12.1 Å². The Kier molecular flexibility index (Phi) is 2.46. The number of aromatic nitrogens is 6. The van der Waals surface area contributed by atoms with E-state index in [1.807, 2.05) is 0 Å². The Balaban J connectivity index is 2.00. The van der Waals surface area contributed by atoms with E-state index in [-0.39, 0.29) is 11.5 Å². The number of rotatable bonds is 2. The van der Waals surface area contributed by atoms with Crippen molar-refractivity contribution in [1.82, 2.24) is 29.8 Å². The third-order valence-electron chi connectivity index (χ3n) is 3.34. The molecular weight excluding hydrogens is 306 g/mol. The van der Waals surface area contributed by atoms with Gasteiger partial charge in [-0.3, -0.25) is 20.2 Å². The molecule has 0 unspecified atom stereocenters. The normalized spacial score (nSPS) is 11.3. The highest BCUT2D eigenvalue weighted by Gasteiger charge is 2.18. The highest BCUT2D eigenvalue weighted by molar-refractivity contribution is 5.88. The summed E-state index contributed by atoms with van der Waals surface area (Å²) in [5.41, 5.74) is -0.0249.